The van der Waals surface area contributed by atoms with Crippen LogP contribution in [-0.2, 0) is 4.79 Å². The summed E-state index contributed by atoms with van der Waals surface area (Å²) < 4.78 is 5.30. The van der Waals surface area contributed by atoms with E-state index in [9.17, 15) is 24.5 Å². The Balaban J connectivity index is 1.44. The number of nitrogens with zero attached hydrogens (tertiary/aromatic N) is 2. The first-order valence-corrected chi connectivity index (χ1v) is 9.19. The summed E-state index contributed by atoms with van der Waals surface area (Å²) in [5.41, 5.74) is 1.19. The predicted molar refractivity (Wildman–Crippen MR) is 111 cm³/mol. The van der Waals surface area contributed by atoms with E-state index in [0.717, 1.165) is 4.90 Å². The summed E-state index contributed by atoms with van der Waals surface area (Å²) in [6, 6.07) is 18.4. The van der Waals surface area contributed by atoms with Gasteiger partial charge < -0.3 is 10.1 Å². The van der Waals surface area contributed by atoms with Gasteiger partial charge in [0, 0.05) is 11.8 Å². The van der Waals surface area contributed by atoms with Crippen LogP contribution in [0.25, 0.3) is 0 Å². The predicted octanol–water partition coefficient (Wildman–Crippen LogP) is 3.41. The molecule has 4 rings (SSSR count). The minimum atomic E-state index is -0.558. The summed E-state index contributed by atoms with van der Waals surface area (Å²) in [4.78, 5) is 48.8. The number of hydrogen-bond acceptors (Lipinski definition) is 6. The molecule has 0 saturated carbocycles. The van der Waals surface area contributed by atoms with Crippen molar-refractivity contribution in [3.8, 4) is 5.75 Å². The van der Waals surface area contributed by atoms with E-state index in [0.29, 0.717) is 22.5 Å². The minimum Gasteiger partial charge on any atom is -0.484 e. The molecule has 0 unspecified atom stereocenters. The third kappa shape index (κ3) is 3.97. The molecule has 3 aromatic carbocycles. The monoisotopic (exact) mass is 417 g/mol. The van der Waals surface area contributed by atoms with Gasteiger partial charge in [-0.25, -0.2) is 4.90 Å². The smallest absolute Gasteiger partial charge is 0.273 e. The molecule has 0 fully saturated rings. The molecule has 0 spiro atoms. The Morgan fingerprint density at radius 1 is 0.935 bits per heavy atom. The number of anilines is 2. The van der Waals surface area contributed by atoms with Crippen molar-refractivity contribution in [3.05, 3.63) is 94.0 Å². The van der Waals surface area contributed by atoms with Crippen LogP contribution in [0.1, 0.15) is 20.7 Å². The fourth-order valence-corrected chi connectivity index (χ4v) is 3.18. The van der Waals surface area contributed by atoms with Gasteiger partial charge in [0.05, 0.1) is 27.8 Å². The van der Waals surface area contributed by atoms with Crippen LogP contribution in [0, 0.1) is 10.1 Å². The Kier molecular flexibility index (Phi) is 5.15. The summed E-state index contributed by atoms with van der Waals surface area (Å²) in [5, 5.41) is 13.4. The first kappa shape index (κ1) is 19.8. The second-order valence-corrected chi connectivity index (χ2v) is 6.63. The van der Waals surface area contributed by atoms with E-state index in [1.807, 2.05) is 0 Å². The molecule has 0 aromatic heterocycles. The van der Waals surface area contributed by atoms with E-state index >= 15 is 0 Å². The van der Waals surface area contributed by atoms with E-state index < -0.39 is 22.6 Å². The maximum absolute atomic E-state index is 12.6. The number of hydrogen-bond donors (Lipinski definition) is 1. The Hall–Kier alpha value is -4.53. The van der Waals surface area contributed by atoms with Crippen molar-refractivity contribution in [1.29, 1.82) is 0 Å². The van der Waals surface area contributed by atoms with Crippen molar-refractivity contribution >= 4 is 34.8 Å². The Bertz CT molecular complexity index is 1190. The van der Waals surface area contributed by atoms with Crippen LogP contribution in [0.15, 0.2) is 72.8 Å². The number of benzene rings is 3. The molecule has 9 nitrogen and oxygen atoms in total. The van der Waals surface area contributed by atoms with Gasteiger partial charge in [-0.15, -0.1) is 0 Å². The number of nitrogens with one attached hydrogen (secondary N) is 1. The average Bonchev–Trinajstić information content (AvgIpc) is 3.03. The van der Waals surface area contributed by atoms with E-state index in [2.05, 4.69) is 5.32 Å². The lowest BCUT2D eigenvalue weighted by Crippen LogP contribution is -2.29. The first-order valence-electron chi connectivity index (χ1n) is 9.19. The molecule has 0 atom stereocenters. The zero-order valence-corrected chi connectivity index (χ0v) is 16.0. The number of ether oxygens (including phenoxy) is 1. The Morgan fingerprint density at radius 3 is 2.29 bits per heavy atom. The van der Waals surface area contributed by atoms with Gasteiger partial charge in [0.2, 0.25) is 0 Å². The molecule has 0 aliphatic carbocycles. The molecular weight excluding hydrogens is 402 g/mol. The first-order chi connectivity index (χ1) is 14.9. The number of imide groups is 1. The highest BCUT2D eigenvalue weighted by Gasteiger charge is 2.36. The van der Waals surface area contributed by atoms with Crippen LogP contribution in [-0.4, -0.2) is 29.3 Å². The number of non-ortho nitro benzene ring substituents is 1. The van der Waals surface area contributed by atoms with Gasteiger partial charge >= 0.3 is 0 Å². The highest BCUT2D eigenvalue weighted by Crippen LogP contribution is 2.29. The molecule has 9 heteroatoms. The topological polar surface area (TPSA) is 119 Å². The summed E-state index contributed by atoms with van der Waals surface area (Å²) in [6.07, 6.45) is 0. The summed E-state index contributed by atoms with van der Waals surface area (Å²) in [5.74, 6) is -1.19. The molecule has 3 aromatic rings. The van der Waals surface area contributed by atoms with Gasteiger partial charge in [-0.2, -0.15) is 0 Å². The van der Waals surface area contributed by atoms with Crippen molar-refractivity contribution < 1.29 is 24.0 Å². The van der Waals surface area contributed by atoms with Gasteiger partial charge in [-0.1, -0.05) is 24.3 Å². The molecule has 1 heterocycles. The number of rotatable bonds is 6. The summed E-state index contributed by atoms with van der Waals surface area (Å²) in [6.45, 7) is -0.377. The molecule has 0 radical (unpaired) electrons. The molecule has 154 valence electrons. The lowest BCUT2D eigenvalue weighted by molar-refractivity contribution is -0.384. The van der Waals surface area contributed by atoms with Crippen LogP contribution >= 0.6 is 0 Å². The molecule has 3 amide bonds. The number of nitro groups is 1. The lowest BCUT2D eigenvalue weighted by atomic mass is 10.1. The maximum Gasteiger partial charge on any atom is 0.273 e. The van der Waals surface area contributed by atoms with Crippen molar-refractivity contribution in [1.82, 2.24) is 0 Å². The van der Waals surface area contributed by atoms with Crippen LogP contribution in [0.4, 0.5) is 17.1 Å². The van der Waals surface area contributed by atoms with E-state index in [4.69, 9.17) is 4.74 Å². The van der Waals surface area contributed by atoms with Gasteiger partial charge in [0.15, 0.2) is 6.61 Å². The summed E-state index contributed by atoms with van der Waals surface area (Å²) in [7, 11) is 0. The lowest BCUT2D eigenvalue weighted by Gasteiger charge is -2.15. The van der Waals surface area contributed by atoms with Crippen molar-refractivity contribution in [3.63, 3.8) is 0 Å². The number of fused-ring (bicyclic) bond motifs is 1. The fraction of sp³-hybridized carbons (Fsp3) is 0.0455. The largest absolute Gasteiger partial charge is 0.484 e. The zero-order chi connectivity index (χ0) is 22.0. The SMILES string of the molecule is O=C(COc1cccc([N+](=O)[O-])c1)Nc1cccc(N2C(=O)c3ccccc3C2=O)c1. The molecule has 1 N–H and O–H groups in total. The molecular formula is C22H15N3O6. The average molecular weight is 417 g/mol. The number of carbonyl (C=O) groups excluding carboxylic acids is 3. The van der Waals surface area contributed by atoms with E-state index in [1.54, 1.807) is 42.5 Å². The van der Waals surface area contributed by atoms with Crippen LogP contribution in [0.2, 0.25) is 0 Å². The third-order valence-electron chi connectivity index (χ3n) is 4.58. The molecule has 31 heavy (non-hydrogen) atoms. The highest BCUT2D eigenvalue weighted by molar-refractivity contribution is 6.34. The third-order valence-corrected chi connectivity index (χ3v) is 4.58. The molecule has 0 bridgehead atoms. The fourth-order valence-electron chi connectivity index (χ4n) is 3.18. The van der Waals surface area contributed by atoms with Gasteiger partial charge in [0.25, 0.3) is 23.4 Å². The Labute approximate surface area is 176 Å². The molecule has 1 aliphatic rings. The van der Waals surface area contributed by atoms with Crippen LogP contribution in [0.3, 0.4) is 0 Å². The number of carbonyl (C=O) groups is 3. The second kappa shape index (κ2) is 8.07. The zero-order valence-electron chi connectivity index (χ0n) is 16.0. The standard InChI is InChI=1S/C22H15N3O6/c26-20(13-31-17-8-4-7-16(12-17)25(29)30)23-14-5-3-6-15(11-14)24-21(27)18-9-1-2-10-19(18)22(24)28/h1-12H,13H2,(H,23,26). The van der Waals surface area contributed by atoms with Crippen molar-refractivity contribution in [2.45, 2.75) is 0 Å². The van der Waals surface area contributed by atoms with E-state index in [1.165, 1.54) is 30.3 Å². The minimum absolute atomic E-state index is 0.147. The number of nitro benzene ring substituents is 1. The second-order valence-electron chi connectivity index (χ2n) is 6.63. The van der Waals surface area contributed by atoms with Crippen LogP contribution < -0.4 is 15.0 Å². The highest BCUT2D eigenvalue weighted by atomic mass is 16.6. The van der Waals surface area contributed by atoms with Gasteiger partial charge in [-0.3, -0.25) is 24.5 Å². The Morgan fingerprint density at radius 2 is 1.61 bits per heavy atom. The number of amides is 3. The quantitative estimate of drug-likeness (QED) is 0.373. The van der Waals surface area contributed by atoms with E-state index in [-0.39, 0.29) is 18.0 Å². The van der Waals surface area contributed by atoms with Crippen molar-refractivity contribution in [2.24, 2.45) is 0 Å². The van der Waals surface area contributed by atoms with Crippen LogP contribution in [0.5, 0.6) is 5.75 Å². The maximum atomic E-state index is 12.6. The van der Waals surface area contributed by atoms with Gasteiger partial charge in [0.1, 0.15) is 5.75 Å². The summed E-state index contributed by atoms with van der Waals surface area (Å²) >= 11 is 0. The molecule has 1 aliphatic heterocycles. The molecule has 0 saturated heterocycles. The van der Waals surface area contributed by atoms with Crippen molar-refractivity contribution in [2.75, 3.05) is 16.8 Å². The van der Waals surface area contributed by atoms with Gasteiger partial charge in [-0.05, 0) is 36.4 Å². The normalized spacial score (nSPS) is 12.5.